The number of carboxylic acids is 1. The van der Waals surface area contributed by atoms with Gasteiger partial charge in [0.25, 0.3) is 0 Å². The fraction of sp³-hybridized carbons (Fsp3) is 0.357. The molecule has 0 heterocycles. The van der Waals surface area contributed by atoms with Crippen molar-refractivity contribution in [2.75, 3.05) is 13.6 Å². The molecular weight excluding hydrogens is 214 g/mol. The Labute approximate surface area is 102 Å². The average molecular weight is 233 g/mol. The van der Waals surface area contributed by atoms with Crippen LogP contribution in [0.25, 0.3) is 0 Å². The Bertz CT molecular complexity index is 407. The molecule has 0 aliphatic carbocycles. The molecule has 1 aromatic rings. The summed E-state index contributed by atoms with van der Waals surface area (Å²) < 4.78 is 0. The van der Waals surface area contributed by atoms with E-state index >= 15 is 0 Å². The number of hydrogen-bond acceptors (Lipinski definition) is 2. The van der Waals surface area contributed by atoms with Gasteiger partial charge in [-0.2, -0.15) is 0 Å². The Morgan fingerprint density at radius 1 is 1.35 bits per heavy atom. The molecule has 3 heteroatoms. The molecule has 0 bridgehead atoms. The molecule has 0 aliphatic heterocycles. The summed E-state index contributed by atoms with van der Waals surface area (Å²) in [6.45, 7) is 5.39. The monoisotopic (exact) mass is 233 g/mol. The van der Waals surface area contributed by atoms with Crippen molar-refractivity contribution in [2.45, 2.75) is 20.4 Å². The Hall–Kier alpha value is -1.61. The molecular formula is C14H19NO2. The van der Waals surface area contributed by atoms with Gasteiger partial charge in [-0.3, -0.25) is 4.90 Å². The first-order valence-electron chi connectivity index (χ1n) is 5.61. The lowest BCUT2D eigenvalue weighted by molar-refractivity contribution is -0.131. The topological polar surface area (TPSA) is 40.5 Å². The standard InChI is InChI=1S/C14H19NO2/c1-11-4-6-13(7-5-11)10-15(3)9-12(2)8-14(16)17/h4-8H,9-10H2,1-3H3,(H,16,17). The van der Waals surface area contributed by atoms with Crippen molar-refractivity contribution in [3.8, 4) is 0 Å². The maximum Gasteiger partial charge on any atom is 0.328 e. The number of carboxylic acid groups (broad SMARTS) is 1. The van der Waals surface area contributed by atoms with Gasteiger partial charge in [0.05, 0.1) is 0 Å². The molecule has 92 valence electrons. The molecule has 1 rings (SSSR count). The van der Waals surface area contributed by atoms with E-state index in [1.54, 1.807) is 0 Å². The van der Waals surface area contributed by atoms with Gasteiger partial charge in [0.1, 0.15) is 0 Å². The SMILES string of the molecule is CC(=CC(=O)O)CN(C)Cc1ccc(C)cc1. The second kappa shape index (κ2) is 6.21. The maximum absolute atomic E-state index is 10.5. The van der Waals surface area contributed by atoms with Crippen molar-refractivity contribution in [3.05, 3.63) is 47.0 Å². The molecule has 0 radical (unpaired) electrons. The highest BCUT2D eigenvalue weighted by atomic mass is 16.4. The van der Waals surface area contributed by atoms with E-state index in [2.05, 4.69) is 36.1 Å². The second-order valence-electron chi connectivity index (χ2n) is 4.49. The molecule has 0 unspecified atom stereocenters. The summed E-state index contributed by atoms with van der Waals surface area (Å²) in [5, 5.41) is 8.62. The number of nitrogens with zero attached hydrogens (tertiary/aromatic N) is 1. The number of hydrogen-bond donors (Lipinski definition) is 1. The van der Waals surface area contributed by atoms with Crippen LogP contribution in [0.4, 0.5) is 0 Å². The van der Waals surface area contributed by atoms with E-state index in [1.165, 1.54) is 17.2 Å². The predicted octanol–water partition coefficient (Wildman–Crippen LogP) is 2.46. The lowest BCUT2D eigenvalue weighted by atomic mass is 10.1. The highest BCUT2D eigenvalue weighted by molar-refractivity contribution is 5.80. The van der Waals surface area contributed by atoms with Crippen LogP contribution in [0, 0.1) is 6.92 Å². The molecule has 0 atom stereocenters. The van der Waals surface area contributed by atoms with Crippen LogP contribution in [0.5, 0.6) is 0 Å². The van der Waals surface area contributed by atoms with E-state index < -0.39 is 5.97 Å². The van der Waals surface area contributed by atoms with Gasteiger partial charge < -0.3 is 5.11 Å². The quantitative estimate of drug-likeness (QED) is 0.794. The second-order valence-corrected chi connectivity index (χ2v) is 4.49. The first-order chi connectivity index (χ1) is 7.97. The molecule has 0 spiro atoms. The smallest absolute Gasteiger partial charge is 0.328 e. The predicted molar refractivity (Wildman–Crippen MR) is 68.9 cm³/mol. The van der Waals surface area contributed by atoms with Crippen LogP contribution in [0.3, 0.4) is 0 Å². The zero-order valence-corrected chi connectivity index (χ0v) is 10.6. The number of likely N-dealkylation sites (N-methyl/N-ethyl adjacent to an activating group) is 1. The summed E-state index contributed by atoms with van der Waals surface area (Å²) in [6.07, 6.45) is 1.26. The van der Waals surface area contributed by atoms with Crippen LogP contribution in [0.2, 0.25) is 0 Å². The van der Waals surface area contributed by atoms with Crippen LogP contribution in [0.15, 0.2) is 35.9 Å². The summed E-state index contributed by atoms with van der Waals surface area (Å²) >= 11 is 0. The summed E-state index contributed by atoms with van der Waals surface area (Å²) in [5.74, 6) is -0.883. The van der Waals surface area contributed by atoms with Crippen LogP contribution in [-0.2, 0) is 11.3 Å². The molecule has 0 fully saturated rings. The molecule has 3 nitrogen and oxygen atoms in total. The number of rotatable bonds is 5. The van der Waals surface area contributed by atoms with Gasteiger partial charge in [0.2, 0.25) is 0 Å². The molecule has 0 saturated carbocycles. The third kappa shape index (κ3) is 5.31. The van der Waals surface area contributed by atoms with E-state index in [0.717, 1.165) is 12.1 Å². The van der Waals surface area contributed by atoms with Crippen molar-refractivity contribution in [3.63, 3.8) is 0 Å². The average Bonchev–Trinajstić information content (AvgIpc) is 2.19. The van der Waals surface area contributed by atoms with E-state index in [4.69, 9.17) is 5.11 Å². The fourth-order valence-electron chi connectivity index (χ4n) is 1.74. The van der Waals surface area contributed by atoms with Gasteiger partial charge in [0.15, 0.2) is 0 Å². The zero-order valence-electron chi connectivity index (χ0n) is 10.6. The third-order valence-corrected chi connectivity index (χ3v) is 2.46. The molecule has 0 aliphatic rings. The lowest BCUT2D eigenvalue weighted by Gasteiger charge is -2.16. The molecule has 0 amide bonds. The van der Waals surface area contributed by atoms with Gasteiger partial charge in [-0.25, -0.2) is 4.79 Å². The van der Waals surface area contributed by atoms with Gasteiger partial charge in [-0.05, 0) is 26.5 Å². The van der Waals surface area contributed by atoms with Crippen molar-refractivity contribution >= 4 is 5.97 Å². The molecule has 0 aromatic heterocycles. The highest BCUT2D eigenvalue weighted by Crippen LogP contribution is 2.07. The number of aryl methyl sites for hydroxylation is 1. The van der Waals surface area contributed by atoms with Gasteiger partial charge in [0, 0.05) is 19.2 Å². The van der Waals surface area contributed by atoms with Crippen molar-refractivity contribution in [1.29, 1.82) is 0 Å². The summed E-state index contributed by atoms with van der Waals surface area (Å²) in [4.78, 5) is 12.6. The lowest BCUT2D eigenvalue weighted by Crippen LogP contribution is -2.20. The highest BCUT2D eigenvalue weighted by Gasteiger charge is 2.02. The third-order valence-electron chi connectivity index (χ3n) is 2.46. The normalized spacial score (nSPS) is 11.9. The molecule has 1 N–H and O–H groups in total. The zero-order chi connectivity index (χ0) is 12.8. The van der Waals surface area contributed by atoms with E-state index in [-0.39, 0.29) is 0 Å². The Morgan fingerprint density at radius 2 is 1.94 bits per heavy atom. The van der Waals surface area contributed by atoms with Crippen LogP contribution in [0.1, 0.15) is 18.1 Å². The largest absolute Gasteiger partial charge is 0.478 e. The van der Waals surface area contributed by atoms with Crippen molar-refractivity contribution in [1.82, 2.24) is 4.90 Å². The maximum atomic E-state index is 10.5. The Balaban J connectivity index is 2.52. The first-order valence-corrected chi connectivity index (χ1v) is 5.61. The summed E-state index contributed by atoms with van der Waals surface area (Å²) in [5.41, 5.74) is 3.34. The minimum atomic E-state index is -0.883. The van der Waals surface area contributed by atoms with E-state index in [1.807, 2.05) is 14.0 Å². The van der Waals surface area contributed by atoms with Crippen LogP contribution >= 0.6 is 0 Å². The van der Waals surface area contributed by atoms with Gasteiger partial charge in [-0.15, -0.1) is 0 Å². The molecule has 0 saturated heterocycles. The van der Waals surface area contributed by atoms with Gasteiger partial charge >= 0.3 is 5.97 Å². The number of aliphatic carboxylic acids is 1. The Kier molecular flexibility index (Phi) is 4.91. The fourth-order valence-corrected chi connectivity index (χ4v) is 1.74. The summed E-state index contributed by atoms with van der Waals surface area (Å²) in [6, 6.07) is 8.37. The Morgan fingerprint density at radius 3 is 2.47 bits per heavy atom. The number of carbonyl (C=O) groups is 1. The van der Waals surface area contributed by atoms with Crippen LogP contribution < -0.4 is 0 Å². The number of benzene rings is 1. The molecule has 1 aromatic carbocycles. The van der Waals surface area contributed by atoms with Crippen molar-refractivity contribution < 1.29 is 9.90 Å². The first kappa shape index (κ1) is 13.5. The minimum Gasteiger partial charge on any atom is -0.478 e. The summed E-state index contributed by atoms with van der Waals surface area (Å²) in [7, 11) is 1.99. The van der Waals surface area contributed by atoms with E-state index in [9.17, 15) is 4.79 Å². The van der Waals surface area contributed by atoms with Crippen molar-refractivity contribution in [2.24, 2.45) is 0 Å². The van der Waals surface area contributed by atoms with E-state index in [0.29, 0.717) is 6.54 Å². The van der Waals surface area contributed by atoms with Gasteiger partial charge in [-0.1, -0.05) is 35.4 Å². The minimum absolute atomic E-state index is 0.667. The van der Waals surface area contributed by atoms with Crippen LogP contribution in [-0.4, -0.2) is 29.6 Å². The molecule has 17 heavy (non-hydrogen) atoms.